The lowest BCUT2D eigenvalue weighted by molar-refractivity contribution is 0.249. The molecule has 0 saturated heterocycles. The van der Waals surface area contributed by atoms with Crippen LogP contribution in [-0.2, 0) is 0 Å². The van der Waals surface area contributed by atoms with E-state index >= 15 is 0 Å². The highest BCUT2D eigenvalue weighted by atomic mass is 16.2. The molecule has 0 atom stereocenters. The Kier molecular flexibility index (Phi) is 4.15. The summed E-state index contributed by atoms with van der Waals surface area (Å²) in [7, 11) is 0. The van der Waals surface area contributed by atoms with E-state index in [0.29, 0.717) is 0 Å². The van der Waals surface area contributed by atoms with Crippen molar-refractivity contribution in [3.8, 4) is 16.9 Å². The molecule has 0 radical (unpaired) electrons. The lowest BCUT2D eigenvalue weighted by Crippen LogP contribution is -2.24. The van der Waals surface area contributed by atoms with Gasteiger partial charge in [-0.15, -0.1) is 0 Å². The molecule has 1 aromatic heterocycles. The van der Waals surface area contributed by atoms with Gasteiger partial charge in [0, 0.05) is 17.3 Å². The number of aromatic nitrogens is 2. The SMILES string of the molecule is NC(=O)N/N=C/c1cn(-c2ccccc2)nc1-c1ccccc1. The molecule has 0 saturated carbocycles. The molecule has 3 aromatic rings. The number of nitrogens with one attached hydrogen (secondary N) is 1. The number of amides is 2. The van der Waals surface area contributed by atoms with E-state index in [1.165, 1.54) is 6.21 Å². The van der Waals surface area contributed by atoms with E-state index in [0.717, 1.165) is 22.5 Å². The minimum Gasteiger partial charge on any atom is -0.350 e. The Morgan fingerprint density at radius 1 is 1.09 bits per heavy atom. The smallest absolute Gasteiger partial charge is 0.332 e. The summed E-state index contributed by atoms with van der Waals surface area (Å²) < 4.78 is 1.77. The van der Waals surface area contributed by atoms with Crippen LogP contribution in [0, 0.1) is 0 Å². The number of rotatable bonds is 4. The number of hydrazone groups is 1. The fraction of sp³-hybridized carbons (Fsp3) is 0. The van der Waals surface area contributed by atoms with E-state index in [4.69, 9.17) is 5.73 Å². The van der Waals surface area contributed by atoms with Crippen LogP contribution in [0.2, 0.25) is 0 Å². The first-order valence-corrected chi connectivity index (χ1v) is 7.03. The van der Waals surface area contributed by atoms with Crippen LogP contribution in [-0.4, -0.2) is 22.0 Å². The van der Waals surface area contributed by atoms with Crippen LogP contribution in [0.15, 0.2) is 72.0 Å². The van der Waals surface area contributed by atoms with Gasteiger partial charge in [0.05, 0.1) is 11.9 Å². The highest BCUT2D eigenvalue weighted by molar-refractivity contribution is 5.89. The molecule has 0 spiro atoms. The third-order valence-corrected chi connectivity index (χ3v) is 3.19. The van der Waals surface area contributed by atoms with Crippen LogP contribution in [0.4, 0.5) is 4.79 Å². The van der Waals surface area contributed by atoms with Crippen molar-refractivity contribution in [1.29, 1.82) is 0 Å². The van der Waals surface area contributed by atoms with E-state index in [2.05, 4.69) is 15.6 Å². The average molecular weight is 305 g/mol. The number of hydrogen-bond acceptors (Lipinski definition) is 3. The summed E-state index contributed by atoms with van der Waals surface area (Å²) in [6.07, 6.45) is 3.38. The quantitative estimate of drug-likeness (QED) is 0.573. The molecule has 0 bridgehead atoms. The maximum atomic E-state index is 10.7. The molecular formula is C17H15N5O. The standard InChI is InChI=1S/C17H15N5O/c18-17(23)20-19-11-14-12-22(15-9-5-2-6-10-15)21-16(14)13-7-3-1-4-8-13/h1-12H,(H3,18,20,23)/b19-11+. The van der Waals surface area contributed by atoms with E-state index in [1.807, 2.05) is 66.9 Å². The molecule has 6 nitrogen and oxygen atoms in total. The first kappa shape index (κ1) is 14.5. The van der Waals surface area contributed by atoms with Crippen molar-refractivity contribution in [2.24, 2.45) is 10.8 Å². The predicted octanol–water partition coefficient (Wildman–Crippen LogP) is 2.54. The Bertz CT molecular complexity index is 825. The summed E-state index contributed by atoms with van der Waals surface area (Å²) in [4.78, 5) is 10.7. The van der Waals surface area contributed by atoms with E-state index in [-0.39, 0.29) is 0 Å². The monoisotopic (exact) mass is 305 g/mol. The van der Waals surface area contributed by atoms with Crippen molar-refractivity contribution in [3.63, 3.8) is 0 Å². The zero-order valence-electron chi connectivity index (χ0n) is 12.3. The van der Waals surface area contributed by atoms with Crippen molar-refractivity contribution in [2.75, 3.05) is 0 Å². The van der Waals surface area contributed by atoms with Gasteiger partial charge in [-0.05, 0) is 12.1 Å². The molecule has 2 aromatic carbocycles. The molecule has 114 valence electrons. The van der Waals surface area contributed by atoms with Crippen molar-refractivity contribution >= 4 is 12.2 Å². The van der Waals surface area contributed by atoms with Crippen LogP contribution in [0.3, 0.4) is 0 Å². The summed E-state index contributed by atoms with van der Waals surface area (Å²) in [5, 5.41) is 8.46. The summed E-state index contributed by atoms with van der Waals surface area (Å²) in [5.41, 5.74) is 10.6. The number of nitrogens with zero attached hydrogens (tertiary/aromatic N) is 3. The lowest BCUT2D eigenvalue weighted by Gasteiger charge is -2.00. The van der Waals surface area contributed by atoms with Gasteiger partial charge < -0.3 is 5.73 Å². The van der Waals surface area contributed by atoms with Crippen molar-refractivity contribution in [1.82, 2.24) is 15.2 Å². The topological polar surface area (TPSA) is 85.3 Å². The molecule has 0 fully saturated rings. The first-order chi connectivity index (χ1) is 11.2. The van der Waals surface area contributed by atoms with Gasteiger partial charge in [-0.2, -0.15) is 10.2 Å². The van der Waals surface area contributed by atoms with Gasteiger partial charge in [-0.1, -0.05) is 48.5 Å². The summed E-state index contributed by atoms with van der Waals surface area (Å²) >= 11 is 0. The second kappa shape index (κ2) is 6.57. The van der Waals surface area contributed by atoms with Gasteiger partial charge >= 0.3 is 6.03 Å². The molecule has 0 unspecified atom stereocenters. The molecule has 0 aliphatic heterocycles. The van der Waals surface area contributed by atoms with Gasteiger partial charge in [-0.25, -0.2) is 14.9 Å². The molecule has 2 amide bonds. The Labute approximate surface area is 133 Å². The zero-order chi connectivity index (χ0) is 16.1. The number of benzene rings is 2. The maximum absolute atomic E-state index is 10.7. The molecule has 3 rings (SSSR count). The van der Waals surface area contributed by atoms with Gasteiger partial charge in [0.1, 0.15) is 5.69 Å². The number of para-hydroxylation sites is 1. The molecule has 0 aliphatic rings. The summed E-state index contributed by atoms with van der Waals surface area (Å²) in [5.74, 6) is 0. The fourth-order valence-corrected chi connectivity index (χ4v) is 2.18. The van der Waals surface area contributed by atoms with Gasteiger partial charge in [-0.3, -0.25) is 0 Å². The maximum Gasteiger partial charge on any atom is 0.332 e. The summed E-state index contributed by atoms with van der Waals surface area (Å²) in [6, 6.07) is 18.8. The van der Waals surface area contributed by atoms with Gasteiger partial charge in [0.15, 0.2) is 0 Å². The van der Waals surface area contributed by atoms with Crippen LogP contribution in [0.1, 0.15) is 5.56 Å². The van der Waals surface area contributed by atoms with Crippen molar-refractivity contribution in [2.45, 2.75) is 0 Å². The van der Waals surface area contributed by atoms with Crippen molar-refractivity contribution in [3.05, 3.63) is 72.4 Å². The van der Waals surface area contributed by atoms with Gasteiger partial charge in [0.2, 0.25) is 0 Å². The Morgan fingerprint density at radius 3 is 2.39 bits per heavy atom. The van der Waals surface area contributed by atoms with Crippen LogP contribution in [0.25, 0.3) is 16.9 Å². The van der Waals surface area contributed by atoms with E-state index in [9.17, 15) is 4.79 Å². The number of hydrogen-bond donors (Lipinski definition) is 2. The predicted molar refractivity (Wildman–Crippen MR) is 89.3 cm³/mol. The second-order valence-corrected chi connectivity index (χ2v) is 4.81. The van der Waals surface area contributed by atoms with Gasteiger partial charge in [0.25, 0.3) is 0 Å². The molecule has 0 aliphatic carbocycles. The molecular weight excluding hydrogens is 290 g/mol. The Hall–Kier alpha value is -3.41. The number of nitrogens with two attached hydrogens (primary N) is 1. The first-order valence-electron chi connectivity index (χ1n) is 7.03. The zero-order valence-corrected chi connectivity index (χ0v) is 12.3. The third kappa shape index (κ3) is 3.44. The molecule has 3 N–H and O–H groups in total. The lowest BCUT2D eigenvalue weighted by atomic mass is 10.1. The molecule has 1 heterocycles. The summed E-state index contributed by atoms with van der Waals surface area (Å²) in [6.45, 7) is 0. The van der Waals surface area contributed by atoms with Crippen LogP contribution >= 0.6 is 0 Å². The average Bonchev–Trinajstić information content (AvgIpc) is 3.00. The normalized spacial score (nSPS) is 10.8. The fourth-order valence-electron chi connectivity index (χ4n) is 2.18. The molecule has 23 heavy (non-hydrogen) atoms. The van der Waals surface area contributed by atoms with Crippen LogP contribution in [0.5, 0.6) is 0 Å². The Morgan fingerprint density at radius 2 is 1.74 bits per heavy atom. The highest BCUT2D eigenvalue weighted by Crippen LogP contribution is 2.22. The largest absolute Gasteiger partial charge is 0.350 e. The Balaban J connectivity index is 2.03. The second-order valence-electron chi connectivity index (χ2n) is 4.81. The highest BCUT2D eigenvalue weighted by Gasteiger charge is 2.10. The number of urea groups is 1. The van der Waals surface area contributed by atoms with E-state index in [1.54, 1.807) is 4.68 Å². The third-order valence-electron chi connectivity index (χ3n) is 3.19. The van der Waals surface area contributed by atoms with Crippen LogP contribution < -0.4 is 11.2 Å². The number of carbonyl (C=O) groups is 1. The van der Waals surface area contributed by atoms with E-state index < -0.39 is 6.03 Å². The minimum atomic E-state index is -0.710. The minimum absolute atomic E-state index is 0.710. The number of carbonyl (C=O) groups excluding carboxylic acids is 1. The molecule has 6 heteroatoms. The van der Waals surface area contributed by atoms with Crippen molar-refractivity contribution < 1.29 is 4.79 Å². The number of primary amides is 1.